The van der Waals surface area contributed by atoms with Gasteiger partial charge in [0, 0.05) is 0 Å². The summed E-state index contributed by atoms with van der Waals surface area (Å²) in [4.78, 5) is 14.8. The topological polar surface area (TPSA) is 45.5 Å². The highest BCUT2D eigenvalue weighted by molar-refractivity contribution is 5.98. The standard InChI is InChI=1S/C20H18N2O2/c23-20-13-17(19-11-6-12-24-19)21-16-9-4-5-10-18(16)22(20)14-15-7-2-1-3-8-15/h1-12,17,21H,13-14H2. The second kappa shape index (κ2) is 6.24. The van der Waals surface area contributed by atoms with Crippen molar-refractivity contribution < 1.29 is 9.21 Å². The van der Waals surface area contributed by atoms with E-state index in [9.17, 15) is 4.79 Å². The van der Waals surface area contributed by atoms with Gasteiger partial charge in [-0.3, -0.25) is 4.79 Å². The Hall–Kier alpha value is -3.01. The average molecular weight is 318 g/mol. The number of anilines is 2. The quantitative estimate of drug-likeness (QED) is 0.780. The van der Waals surface area contributed by atoms with Gasteiger partial charge in [0.1, 0.15) is 5.76 Å². The highest BCUT2D eigenvalue weighted by Crippen LogP contribution is 2.36. The van der Waals surface area contributed by atoms with Gasteiger partial charge in [0.05, 0.1) is 36.6 Å². The molecule has 0 fully saturated rings. The van der Waals surface area contributed by atoms with E-state index in [2.05, 4.69) is 5.32 Å². The van der Waals surface area contributed by atoms with Crippen molar-refractivity contribution in [1.29, 1.82) is 0 Å². The molecule has 0 aliphatic carbocycles. The number of furan rings is 1. The maximum absolute atomic E-state index is 12.9. The van der Waals surface area contributed by atoms with Crippen LogP contribution >= 0.6 is 0 Å². The molecule has 0 radical (unpaired) electrons. The summed E-state index contributed by atoms with van der Waals surface area (Å²) in [5, 5.41) is 3.45. The summed E-state index contributed by atoms with van der Waals surface area (Å²) in [6.45, 7) is 0.559. The lowest BCUT2D eigenvalue weighted by molar-refractivity contribution is -0.119. The van der Waals surface area contributed by atoms with Crippen LogP contribution in [-0.4, -0.2) is 5.91 Å². The Labute approximate surface area is 140 Å². The summed E-state index contributed by atoms with van der Waals surface area (Å²) in [5.41, 5.74) is 2.96. The Morgan fingerprint density at radius 1 is 1.00 bits per heavy atom. The van der Waals surface area contributed by atoms with E-state index < -0.39 is 0 Å². The minimum atomic E-state index is -0.158. The second-order valence-electron chi connectivity index (χ2n) is 5.90. The van der Waals surface area contributed by atoms with Gasteiger partial charge in [0.25, 0.3) is 0 Å². The van der Waals surface area contributed by atoms with Crippen LogP contribution in [-0.2, 0) is 11.3 Å². The predicted molar refractivity (Wildman–Crippen MR) is 93.8 cm³/mol. The van der Waals surface area contributed by atoms with Gasteiger partial charge in [-0.25, -0.2) is 0 Å². The number of amides is 1. The second-order valence-corrected chi connectivity index (χ2v) is 5.90. The molecule has 120 valence electrons. The summed E-state index contributed by atoms with van der Waals surface area (Å²) in [7, 11) is 0. The van der Waals surface area contributed by atoms with Crippen LogP contribution < -0.4 is 10.2 Å². The summed E-state index contributed by atoms with van der Waals surface area (Å²) in [6.07, 6.45) is 2.00. The molecule has 0 saturated heterocycles. The molecule has 24 heavy (non-hydrogen) atoms. The minimum Gasteiger partial charge on any atom is -0.467 e. The number of nitrogens with one attached hydrogen (secondary N) is 1. The molecular formula is C20H18N2O2. The van der Waals surface area contributed by atoms with Gasteiger partial charge < -0.3 is 14.6 Å². The summed E-state index contributed by atoms with van der Waals surface area (Å²) < 4.78 is 5.51. The van der Waals surface area contributed by atoms with Gasteiger partial charge in [-0.05, 0) is 29.8 Å². The number of fused-ring (bicyclic) bond motifs is 1. The fourth-order valence-electron chi connectivity index (χ4n) is 3.09. The van der Waals surface area contributed by atoms with Gasteiger partial charge in [-0.1, -0.05) is 42.5 Å². The third kappa shape index (κ3) is 2.78. The summed E-state index contributed by atoms with van der Waals surface area (Å²) in [6, 6.07) is 21.6. The smallest absolute Gasteiger partial charge is 0.229 e. The summed E-state index contributed by atoms with van der Waals surface area (Å²) >= 11 is 0. The van der Waals surface area contributed by atoms with Crippen molar-refractivity contribution in [3.8, 4) is 0 Å². The molecule has 1 N–H and O–H groups in total. The van der Waals surface area contributed by atoms with E-state index in [0.717, 1.165) is 22.7 Å². The van der Waals surface area contributed by atoms with Crippen LogP contribution in [0.15, 0.2) is 77.4 Å². The number of nitrogens with zero attached hydrogens (tertiary/aromatic N) is 1. The summed E-state index contributed by atoms with van der Waals surface area (Å²) in [5.74, 6) is 0.859. The minimum absolute atomic E-state index is 0.0812. The number of para-hydroxylation sites is 2. The van der Waals surface area contributed by atoms with Gasteiger partial charge in [0.15, 0.2) is 0 Å². The van der Waals surface area contributed by atoms with E-state index in [4.69, 9.17) is 4.42 Å². The van der Waals surface area contributed by atoms with Crippen LogP contribution in [0.2, 0.25) is 0 Å². The van der Waals surface area contributed by atoms with E-state index in [1.165, 1.54) is 0 Å². The lowest BCUT2D eigenvalue weighted by Gasteiger charge is -2.22. The predicted octanol–water partition coefficient (Wildman–Crippen LogP) is 4.37. The zero-order chi connectivity index (χ0) is 16.4. The van der Waals surface area contributed by atoms with Crippen molar-refractivity contribution in [3.63, 3.8) is 0 Å². The molecule has 4 heteroatoms. The normalized spacial score (nSPS) is 17.1. The van der Waals surface area contributed by atoms with Crippen LogP contribution in [0.5, 0.6) is 0 Å². The number of hydrogen-bond acceptors (Lipinski definition) is 3. The van der Waals surface area contributed by atoms with Gasteiger partial charge in [0.2, 0.25) is 5.91 Å². The van der Waals surface area contributed by atoms with Gasteiger partial charge in [-0.15, -0.1) is 0 Å². The first-order chi connectivity index (χ1) is 11.8. The van der Waals surface area contributed by atoms with E-state index in [-0.39, 0.29) is 11.9 Å². The van der Waals surface area contributed by atoms with E-state index >= 15 is 0 Å². The Morgan fingerprint density at radius 2 is 1.79 bits per heavy atom. The third-order valence-corrected chi connectivity index (χ3v) is 4.27. The molecule has 2 aromatic carbocycles. The lowest BCUT2D eigenvalue weighted by Crippen LogP contribution is -2.30. The van der Waals surface area contributed by atoms with Crippen LogP contribution in [0, 0.1) is 0 Å². The molecule has 1 aliphatic rings. The number of carbonyl (C=O) groups is 1. The van der Waals surface area contributed by atoms with Crippen molar-refractivity contribution in [2.45, 2.75) is 19.0 Å². The Morgan fingerprint density at radius 3 is 2.58 bits per heavy atom. The third-order valence-electron chi connectivity index (χ3n) is 4.27. The van der Waals surface area contributed by atoms with Crippen molar-refractivity contribution in [1.82, 2.24) is 0 Å². The molecule has 0 saturated carbocycles. The zero-order valence-corrected chi connectivity index (χ0v) is 13.2. The molecule has 4 rings (SSSR count). The Bertz CT molecular complexity index is 828. The van der Waals surface area contributed by atoms with Gasteiger partial charge in [-0.2, -0.15) is 0 Å². The molecule has 1 aliphatic heterocycles. The molecule has 2 heterocycles. The van der Waals surface area contributed by atoms with E-state index in [0.29, 0.717) is 13.0 Å². The monoisotopic (exact) mass is 318 g/mol. The van der Waals surface area contributed by atoms with E-state index in [1.807, 2.05) is 71.6 Å². The lowest BCUT2D eigenvalue weighted by atomic mass is 10.1. The number of rotatable bonds is 3. The molecule has 0 bridgehead atoms. The SMILES string of the molecule is O=C1CC(c2ccco2)Nc2ccccc2N1Cc1ccccc1. The van der Waals surface area contributed by atoms with Gasteiger partial charge >= 0.3 is 0 Å². The fraction of sp³-hybridized carbons (Fsp3) is 0.150. The van der Waals surface area contributed by atoms with Crippen molar-refractivity contribution >= 4 is 17.3 Å². The Balaban J connectivity index is 1.71. The number of hydrogen-bond donors (Lipinski definition) is 1. The first kappa shape index (κ1) is 14.6. The molecule has 1 aromatic heterocycles. The zero-order valence-electron chi connectivity index (χ0n) is 13.2. The van der Waals surface area contributed by atoms with Crippen molar-refractivity contribution in [3.05, 3.63) is 84.3 Å². The molecule has 0 spiro atoms. The van der Waals surface area contributed by atoms with Crippen molar-refractivity contribution in [2.75, 3.05) is 10.2 Å². The van der Waals surface area contributed by atoms with Crippen LogP contribution in [0.25, 0.3) is 0 Å². The maximum Gasteiger partial charge on any atom is 0.229 e. The highest BCUT2D eigenvalue weighted by Gasteiger charge is 2.29. The molecule has 1 atom stereocenters. The first-order valence-electron chi connectivity index (χ1n) is 8.04. The maximum atomic E-state index is 12.9. The molecule has 3 aromatic rings. The first-order valence-corrected chi connectivity index (χ1v) is 8.04. The largest absolute Gasteiger partial charge is 0.467 e. The van der Waals surface area contributed by atoms with Crippen molar-refractivity contribution in [2.24, 2.45) is 0 Å². The molecular weight excluding hydrogens is 300 g/mol. The number of benzene rings is 2. The van der Waals surface area contributed by atoms with Crippen LogP contribution in [0.4, 0.5) is 11.4 Å². The average Bonchev–Trinajstić information content (AvgIpc) is 3.11. The molecule has 4 nitrogen and oxygen atoms in total. The fourth-order valence-corrected chi connectivity index (χ4v) is 3.09. The molecule has 1 unspecified atom stereocenters. The van der Waals surface area contributed by atoms with E-state index in [1.54, 1.807) is 6.26 Å². The number of carbonyl (C=O) groups excluding carboxylic acids is 1. The molecule has 1 amide bonds. The van der Waals surface area contributed by atoms with Crippen LogP contribution in [0.1, 0.15) is 23.8 Å². The van der Waals surface area contributed by atoms with Crippen LogP contribution in [0.3, 0.4) is 0 Å². The Kier molecular flexibility index (Phi) is 3.79. The highest BCUT2D eigenvalue weighted by atomic mass is 16.3.